The first-order valence-electron chi connectivity index (χ1n) is 5.88. The highest BCUT2D eigenvalue weighted by Gasteiger charge is 2.21. The molecule has 1 aromatic heterocycles. The van der Waals surface area contributed by atoms with Crippen LogP contribution in [0.3, 0.4) is 0 Å². The van der Waals surface area contributed by atoms with Gasteiger partial charge in [-0.2, -0.15) is 0 Å². The minimum Gasteiger partial charge on any atom is -0.490 e. The van der Waals surface area contributed by atoms with Gasteiger partial charge in [0.1, 0.15) is 12.4 Å². The molecule has 0 bridgehead atoms. The normalized spacial score (nSPS) is 14.6. The van der Waals surface area contributed by atoms with Gasteiger partial charge in [0.05, 0.1) is 12.7 Å². The molecule has 0 spiro atoms. The van der Waals surface area contributed by atoms with Gasteiger partial charge in [-0.25, -0.2) is 0 Å². The first-order valence-corrected chi connectivity index (χ1v) is 5.88. The molecule has 6 heteroatoms. The molecule has 1 fully saturated rings. The van der Waals surface area contributed by atoms with Crippen molar-refractivity contribution in [2.75, 3.05) is 20.2 Å². The maximum atomic E-state index is 5.51. The van der Waals surface area contributed by atoms with Crippen LogP contribution in [-0.4, -0.2) is 37.2 Å². The predicted octanol–water partition coefficient (Wildman–Crippen LogP) is 1.41. The number of aliphatic imine (C=N–C) groups is 1. The van der Waals surface area contributed by atoms with E-state index in [2.05, 4.69) is 20.6 Å². The standard InChI is InChI=1S/C12H18N4O.HI/c1-13-12(16-10-4-5-10)15-7-8-17-11-3-2-6-14-9-11;/h2-3,6,9-10H,4-5,7-8H2,1H3,(H2,13,15,16);1H. The van der Waals surface area contributed by atoms with E-state index in [4.69, 9.17) is 4.74 Å². The molecule has 1 aliphatic rings. The lowest BCUT2D eigenvalue weighted by atomic mass is 10.5. The molecule has 0 aromatic carbocycles. The Morgan fingerprint density at radius 3 is 3.00 bits per heavy atom. The molecule has 1 saturated carbocycles. The molecule has 0 unspecified atom stereocenters. The largest absolute Gasteiger partial charge is 0.490 e. The molecular formula is C12H19IN4O. The molecule has 1 heterocycles. The van der Waals surface area contributed by atoms with Crippen molar-refractivity contribution in [1.29, 1.82) is 0 Å². The fraction of sp³-hybridized carbons (Fsp3) is 0.500. The van der Waals surface area contributed by atoms with Gasteiger partial charge in [0.2, 0.25) is 0 Å². The second-order valence-corrected chi connectivity index (χ2v) is 3.95. The predicted molar refractivity (Wildman–Crippen MR) is 82.7 cm³/mol. The zero-order valence-corrected chi connectivity index (χ0v) is 12.8. The molecular weight excluding hydrogens is 343 g/mol. The third-order valence-corrected chi connectivity index (χ3v) is 2.44. The smallest absolute Gasteiger partial charge is 0.191 e. The summed E-state index contributed by atoms with van der Waals surface area (Å²) >= 11 is 0. The number of ether oxygens (including phenoxy) is 1. The summed E-state index contributed by atoms with van der Waals surface area (Å²) < 4.78 is 5.51. The van der Waals surface area contributed by atoms with Crippen molar-refractivity contribution in [3.63, 3.8) is 0 Å². The van der Waals surface area contributed by atoms with Crippen LogP contribution < -0.4 is 15.4 Å². The zero-order chi connectivity index (χ0) is 11.9. The third kappa shape index (κ3) is 5.52. The molecule has 2 N–H and O–H groups in total. The Labute approximate surface area is 124 Å². The number of nitrogens with zero attached hydrogens (tertiary/aromatic N) is 2. The average Bonchev–Trinajstić information content (AvgIpc) is 3.18. The van der Waals surface area contributed by atoms with Gasteiger partial charge in [0.25, 0.3) is 0 Å². The van der Waals surface area contributed by atoms with Gasteiger partial charge in [-0.3, -0.25) is 9.98 Å². The molecule has 1 aliphatic carbocycles. The van der Waals surface area contributed by atoms with Crippen molar-refractivity contribution in [3.05, 3.63) is 24.5 Å². The molecule has 18 heavy (non-hydrogen) atoms. The minimum absolute atomic E-state index is 0. The monoisotopic (exact) mass is 362 g/mol. The first kappa shape index (κ1) is 15.0. The average molecular weight is 362 g/mol. The Morgan fingerprint density at radius 2 is 2.39 bits per heavy atom. The summed E-state index contributed by atoms with van der Waals surface area (Å²) in [5.74, 6) is 1.64. The van der Waals surface area contributed by atoms with Crippen molar-refractivity contribution in [2.45, 2.75) is 18.9 Å². The molecule has 1 aromatic rings. The Hall–Kier alpha value is -1.05. The van der Waals surface area contributed by atoms with Crippen molar-refractivity contribution in [2.24, 2.45) is 4.99 Å². The third-order valence-electron chi connectivity index (χ3n) is 2.44. The van der Waals surface area contributed by atoms with Crippen molar-refractivity contribution >= 4 is 29.9 Å². The first-order chi connectivity index (χ1) is 8.38. The number of guanidine groups is 1. The number of nitrogens with one attached hydrogen (secondary N) is 2. The molecule has 0 atom stereocenters. The lowest BCUT2D eigenvalue weighted by Gasteiger charge is -2.11. The molecule has 0 radical (unpaired) electrons. The topological polar surface area (TPSA) is 58.5 Å². The second-order valence-electron chi connectivity index (χ2n) is 3.95. The zero-order valence-electron chi connectivity index (χ0n) is 10.4. The van der Waals surface area contributed by atoms with Crippen molar-refractivity contribution in [3.8, 4) is 5.75 Å². The fourth-order valence-corrected chi connectivity index (χ4v) is 1.39. The number of pyridine rings is 1. The van der Waals surface area contributed by atoms with Gasteiger partial charge in [0.15, 0.2) is 5.96 Å². The summed E-state index contributed by atoms with van der Waals surface area (Å²) in [6, 6.07) is 4.36. The quantitative estimate of drug-likeness (QED) is 0.360. The van der Waals surface area contributed by atoms with Gasteiger partial charge < -0.3 is 15.4 Å². The van der Waals surface area contributed by atoms with Crippen LogP contribution in [0, 0.1) is 0 Å². The van der Waals surface area contributed by atoms with Crippen LogP contribution in [0.25, 0.3) is 0 Å². The van der Waals surface area contributed by atoms with E-state index in [1.165, 1.54) is 12.8 Å². The number of hydrogen-bond donors (Lipinski definition) is 2. The van der Waals surface area contributed by atoms with E-state index in [1.54, 1.807) is 19.4 Å². The van der Waals surface area contributed by atoms with Gasteiger partial charge in [-0.15, -0.1) is 24.0 Å². The van der Waals surface area contributed by atoms with Crippen LogP contribution in [0.1, 0.15) is 12.8 Å². The van der Waals surface area contributed by atoms with Crippen LogP contribution in [0.4, 0.5) is 0 Å². The van der Waals surface area contributed by atoms with E-state index < -0.39 is 0 Å². The Bertz CT molecular complexity index is 368. The molecule has 5 nitrogen and oxygen atoms in total. The highest BCUT2D eigenvalue weighted by Crippen LogP contribution is 2.18. The summed E-state index contributed by atoms with van der Waals surface area (Å²) in [5, 5.41) is 6.51. The molecule has 0 amide bonds. The number of halogens is 1. The highest BCUT2D eigenvalue weighted by atomic mass is 127. The Kier molecular flexibility index (Phi) is 6.77. The van der Waals surface area contributed by atoms with E-state index in [1.807, 2.05) is 12.1 Å². The summed E-state index contributed by atoms with van der Waals surface area (Å²) in [5.41, 5.74) is 0. The van der Waals surface area contributed by atoms with Gasteiger partial charge in [-0.1, -0.05) is 0 Å². The molecule has 100 valence electrons. The summed E-state index contributed by atoms with van der Waals surface area (Å²) in [6.07, 6.45) is 5.92. The van der Waals surface area contributed by atoms with Gasteiger partial charge in [0, 0.05) is 19.3 Å². The second kappa shape index (κ2) is 8.12. The number of aromatic nitrogens is 1. The van der Waals surface area contributed by atoms with Gasteiger partial charge in [-0.05, 0) is 25.0 Å². The molecule has 0 aliphatic heterocycles. The Balaban J connectivity index is 0.00000162. The summed E-state index contributed by atoms with van der Waals surface area (Å²) in [7, 11) is 1.78. The SMILES string of the molecule is CN=C(NCCOc1cccnc1)NC1CC1.I. The summed E-state index contributed by atoms with van der Waals surface area (Å²) in [6.45, 7) is 1.32. The maximum absolute atomic E-state index is 5.51. The van der Waals surface area contributed by atoms with Crippen LogP contribution >= 0.6 is 24.0 Å². The van der Waals surface area contributed by atoms with E-state index >= 15 is 0 Å². The Morgan fingerprint density at radius 1 is 1.56 bits per heavy atom. The lowest BCUT2D eigenvalue weighted by Crippen LogP contribution is -2.40. The van der Waals surface area contributed by atoms with E-state index in [0.717, 1.165) is 18.3 Å². The van der Waals surface area contributed by atoms with Crippen molar-refractivity contribution in [1.82, 2.24) is 15.6 Å². The molecule has 0 saturated heterocycles. The van der Waals surface area contributed by atoms with Crippen LogP contribution in [0.15, 0.2) is 29.5 Å². The van der Waals surface area contributed by atoms with Crippen LogP contribution in [0.5, 0.6) is 5.75 Å². The number of hydrogen-bond acceptors (Lipinski definition) is 3. The van der Waals surface area contributed by atoms with E-state index in [-0.39, 0.29) is 24.0 Å². The molecule has 2 rings (SSSR count). The maximum Gasteiger partial charge on any atom is 0.191 e. The van der Waals surface area contributed by atoms with E-state index in [9.17, 15) is 0 Å². The van der Waals surface area contributed by atoms with Gasteiger partial charge >= 0.3 is 0 Å². The van der Waals surface area contributed by atoms with Crippen LogP contribution in [0.2, 0.25) is 0 Å². The van der Waals surface area contributed by atoms with Crippen molar-refractivity contribution < 1.29 is 4.74 Å². The summed E-state index contributed by atoms with van der Waals surface area (Å²) in [4.78, 5) is 8.12. The number of rotatable bonds is 5. The van der Waals surface area contributed by atoms with Crippen LogP contribution in [-0.2, 0) is 0 Å². The highest BCUT2D eigenvalue weighted by molar-refractivity contribution is 14.0. The minimum atomic E-state index is 0. The fourth-order valence-electron chi connectivity index (χ4n) is 1.39. The lowest BCUT2D eigenvalue weighted by molar-refractivity contribution is 0.320. The van der Waals surface area contributed by atoms with E-state index in [0.29, 0.717) is 12.6 Å².